The standard InChI is InChI=1S/C13H9FN2O2/c1-6-8(4-15)11-12(10(14)9(6)5-17)18-13(16-11)7-2-3-7/h5,7H,2-3H2,1H3. The minimum Gasteiger partial charge on any atom is -0.437 e. The van der Waals surface area contributed by atoms with Gasteiger partial charge in [-0.1, -0.05) is 0 Å². The second-order valence-electron chi connectivity index (χ2n) is 4.46. The number of halogens is 1. The molecule has 0 spiro atoms. The van der Waals surface area contributed by atoms with Gasteiger partial charge in [0.2, 0.25) is 0 Å². The zero-order valence-electron chi connectivity index (χ0n) is 9.66. The maximum atomic E-state index is 14.1. The van der Waals surface area contributed by atoms with E-state index < -0.39 is 5.82 Å². The molecule has 18 heavy (non-hydrogen) atoms. The number of benzene rings is 1. The third-order valence-electron chi connectivity index (χ3n) is 3.25. The number of oxazole rings is 1. The molecular formula is C13H9FN2O2. The summed E-state index contributed by atoms with van der Waals surface area (Å²) in [6.45, 7) is 1.54. The van der Waals surface area contributed by atoms with E-state index in [0.29, 0.717) is 17.7 Å². The van der Waals surface area contributed by atoms with E-state index in [1.807, 2.05) is 6.07 Å². The van der Waals surface area contributed by atoms with E-state index in [2.05, 4.69) is 4.98 Å². The van der Waals surface area contributed by atoms with Crippen LogP contribution in [0.5, 0.6) is 0 Å². The Hall–Kier alpha value is -2.22. The number of carbonyl (C=O) groups is 1. The monoisotopic (exact) mass is 244 g/mol. The Morgan fingerprint density at radius 3 is 2.83 bits per heavy atom. The third kappa shape index (κ3) is 1.35. The lowest BCUT2D eigenvalue weighted by Crippen LogP contribution is -1.97. The molecule has 5 heteroatoms. The van der Waals surface area contributed by atoms with E-state index in [0.717, 1.165) is 12.8 Å². The van der Waals surface area contributed by atoms with Gasteiger partial charge in [0.05, 0.1) is 11.1 Å². The number of hydrogen-bond donors (Lipinski definition) is 0. The van der Waals surface area contributed by atoms with E-state index in [1.165, 1.54) is 6.92 Å². The number of rotatable bonds is 2. The Kier molecular flexibility index (Phi) is 2.20. The van der Waals surface area contributed by atoms with Gasteiger partial charge in [-0.05, 0) is 25.3 Å². The smallest absolute Gasteiger partial charge is 0.198 e. The Morgan fingerprint density at radius 1 is 1.56 bits per heavy atom. The van der Waals surface area contributed by atoms with Gasteiger partial charge in [-0.2, -0.15) is 5.26 Å². The van der Waals surface area contributed by atoms with Crippen molar-refractivity contribution in [2.75, 3.05) is 0 Å². The van der Waals surface area contributed by atoms with Crippen LogP contribution in [0.4, 0.5) is 4.39 Å². The van der Waals surface area contributed by atoms with Crippen LogP contribution < -0.4 is 0 Å². The fourth-order valence-corrected chi connectivity index (χ4v) is 2.04. The highest BCUT2D eigenvalue weighted by molar-refractivity contribution is 5.91. The minimum atomic E-state index is -0.726. The molecule has 3 rings (SSSR count). The van der Waals surface area contributed by atoms with Gasteiger partial charge in [0.1, 0.15) is 11.6 Å². The summed E-state index contributed by atoms with van der Waals surface area (Å²) in [6, 6.07) is 1.96. The Labute approximate surface area is 102 Å². The quantitative estimate of drug-likeness (QED) is 0.762. The van der Waals surface area contributed by atoms with E-state index in [-0.39, 0.29) is 28.1 Å². The van der Waals surface area contributed by atoms with Crippen molar-refractivity contribution in [3.8, 4) is 6.07 Å². The number of nitrogens with zero attached hydrogens (tertiary/aromatic N) is 2. The topological polar surface area (TPSA) is 66.9 Å². The van der Waals surface area contributed by atoms with Gasteiger partial charge in [0.25, 0.3) is 0 Å². The molecule has 1 aliphatic carbocycles. The van der Waals surface area contributed by atoms with E-state index >= 15 is 0 Å². The van der Waals surface area contributed by atoms with Crippen LogP contribution in [0.25, 0.3) is 11.1 Å². The molecule has 0 atom stereocenters. The van der Waals surface area contributed by atoms with Crippen molar-refractivity contribution >= 4 is 17.4 Å². The molecule has 0 radical (unpaired) electrons. The molecule has 90 valence electrons. The number of nitriles is 1. The third-order valence-corrected chi connectivity index (χ3v) is 3.25. The average Bonchev–Trinajstić information content (AvgIpc) is 3.11. The summed E-state index contributed by atoms with van der Waals surface area (Å²) in [5.41, 5.74) is 0.538. The number of aldehydes is 1. The summed E-state index contributed by atoms with van der Waals surface area (Å²) >= 11 is 0. The molecule has 0 N–H and O–H groups in total. The molecule has 1 fully saturated rings. The maximum Gasteiger partial charge on any atom is 0.198 e. The molecule has 0 unspecified atom stereocenters. The summed E-state index contributed by atoms with van der Waals surface area (Å²) in [4.78, 5) is 15.1. The van der Waals surface area contributed by atoms with E-state index in [4.69, 9.17) is 9.68 Å². The van der Waals surface area contributed by atoms with Crippen molar-refractivity contribution in [1.82, 2.24) is 4.98 Å². The number of carbonyl (C=O) groups excluding carboxylic acids is 1. The van der Waals surface area contributed by atoms with Crippen LogP contribution >= 0.6 is 0 Å². The summed E-state index contributed by atoms with van der Waals surface area (Å²) in [7, 11) is 0. The van der Waals surface area contributed by atoms with Crippen LogP contribution in [-0.2, 0) is 0 Å². The molecule has 1 aromatic carbocycles. The highest BCUT2D eigenvalue weighted by Crippen LogP contribution is 2.41. The van der Waals surface area contributed by atoms with Crippen molar-refractivity contribution in [1.29, 1.82) is 5.26 Å². The molecule has 0 amide bonds. The van der Waals surface area contributed by atoms with Crippen molar-refractivity contribution in [3.05, 3.63) is 28.4 Å². The molecule has 2 aromatic rings. The first-order valence-electron chi connectivity index (χ1n) is 5.65. The van der Waals surface area contributed by atoms with Gasteiger partial charge in [0, 0.05) is 5.92 Å². The second kappa shape index (κ2) is 3.64. The first-order valence-corrected chi connectivity index (χ1v) is 5.65. The lowest BCUT2D eigenvalue weighted by molar-refractivity contribution is 0.111. The zero-order chi connectivity index (χ0) is 12.9. The summed E-state index contributed by atoms with van der Waals surface area (Å²) in [5.74, 6) is -0.0397. The molecule has 1 aromatic heterocycles. The van der Waals surface area contributed by atoms with Gasteiger partial charge in [0.15, 0.2) is 23.6 Å². The molecule has 1 heterocycles. The molecule has 0 saturated heterocycles. The van der Waals surface area contributed by atoms with Gasteiger partial charge < -0.3 is 4.42 Å². The van der Waals surface area contributed by atoms with Crippen LogP contribution in [0.2, 0.25) is 0 Å². The molecule has 1 saturated carbocycles. The first-order chi connectivity index (χ1) is 8.67. The molecule has 0 aliphatic heterocycles. The van der Waals surface area contributed by atoms with Crippen molar-refractivity contribution in [2.24, 2.45) is 0 Å². The van der Waals surface area contributed by atoms with Crippen LogP contribution in [0.1, 0.15) is 46.1 Å². The number of aromatic nitrogens is 1. The van der Waals surface area contributed by atoms with E-state index in [1.54, 1.807) is 0 Å². The highest BCUT2D eigenvalue weighted by atomic mass is 19.1. The minimum absolute atomic E-state index is 0.0823. The highest BCUT2D eigenvalue weighted by Gasteiger charge is 2.31. The van der Waals surface area contributed by atoms with E-state index in [9.17, 15) is 9.18 Å². The fraction of sp³-hybridized carbons (Fsp3) is 0.308. The van der Waals surface area contributed by atoms with Crippen LogP contribution in [0.3, 0.4) is 0 Å². The van der Waals surface area contributed by atoms with Gasteiger partial charge in [-0.15, -0.1) is 0 Å². The number of fused-ring (bicyclic) bond motifs is 1. The summed E-state index contributed by atoms with van der Waals surface area (Å²) < 4.78 is 19.4. The molecule has 0 bridgehead atoms. The Balaban J connectivity index is 2.41. The van der Waals surface area contributed by atoms with Crippen molar-refractivity contribution in [3.63, 3.8) is 0 Å². The van der Waals surface area contributed by atoms with Gasteiger partial charge in [-0.25, -0.2) is 9.37 Å². The maximum absolute atomic E-state index is 14.1. The zero-order valence-corrected chi connectivity index (χ0v) is 9.66. The lowest BCUT2D eigenvalue weighted by Gasteiger charge is -2.02. The largest absolute Gasteiger partial charge is 0.437 e. The van der Waals surface area contributed by atoms with Crippen molar-refractivity contribution < 1.29 is 13.6 Å². The molecular weight excluding hydrogens is 235 g/mol. The average molecular weight is 244 g/mol. The predicted octanol–water partition coefficient (Wildman–Crippen LogP) is 2.84. The molecule has 1 aliphatic rings. The van der Waals surface area contributed by atoms with Crippen molar-refractivity contribution in [2.45, 2.75) is 25.7 Å². The summed E-state index contributed by atoms with van der Waals surface area (Å²) in [5, 5.41) is 9.12. The predicted molar refractivity (Wildman–Crippen MR) is 60.8 cm³/mol. The SMILES string of the molecule is Cc1c(C=O)c(F)c2oc(C3CC3)nc2c1C#N. The normalized spacial score (nSPS) is 14.7. The number of hydrogen-bond acceptors (Lipinski definition) is 4. The molecule has 4 nitrogen and oxygen atoms in total. The van der Waals surface area contributed by atoms with Crippen LogP contribution in [0, 0.1) is 24.1 Å². The first kappa shape index (κ1) is 10.9. The Morgan fingerprint density at radius 2 is 2.28 bits per heavy atom. The Bertz CT molecular complexity index is 708. The fourth-order valence-electron chi connectivity index (χ4n) is 2.04. The van der Waals surface area contributed by atoms with Gasteiger partial charge >= 0.3 is 0 Å². The summed E-state index contributed by atoms with van der Waals surface area (Å²) in [6.07, 6.45) is 2.34. The second-order valence-corrected chi connectivity index (χ2v) is 4.46. The van der Waals surface area contributed by atoms with Gasteiger partial charge in [-0.3, -0.25) is 4.79 Å². The van der Waals surface area contributed by atoms with Crippen LogP contribution in [-0.4, -0.2) is 11.3 Å². The lowest BCUT2D eigenvalue weighted by atomic mass is 10.0. The van der Waals surface area contributed by atoms with Crippen LogP contribution in [0.15, 0.2) is 4.42 Å².